The van der Waals surface area contributed by atoms with E-state index in [1.54, 1.807) is 29.4 Å². The van der Waals surface area contributed by atoms with E-state index in [0.717, 1.165) is 5.56 Å². The quantitative estimate of drug-likeness (QED) is 0.548. The fraction of sp³-hybridized carbons (Fsp3) is 0.0556. The molecule has 2 aromatic heterocycles. The monoisotopic (exact) mass is 380 g/mol. The molecular weight excluding hydrogens is 364 g/mol. The predicted octanol–water partition coefficient (Wildman–Crippen LogP) is 2.08. The maximum Gasteiger partial charge on any atom is 0.238 e. The fourth-order valence-electron chi connectivity index (χ4n) is 2.68. The molecule has 8 nitrogen and oxygen atoms in total. The van der Waals surface area contributed by atoms with Gasteiger partial charge in [-0.3, -0.25) is 4.57 Å². The van der Waals surface area contributed by atoms with Crippen molar-refractivity contribution in [3.05, 3.63) is 72.8 Å². The first-order chi connectivity index (χ1) is 13.0. The molecule has 0 radical (unpaired) electrons. The predicted molar refractivity (Wildman–Crippen MR) is 102 cm³/mol. The second-order valence-corrected chi connectivity index (χ2v) is 7.47. The zero-order valence-electron chi connectivity index (χ0n) is 14.1. The largest absolute Gasteiger partial charge is 0.365 e. The second-order valence-electron chi connectivity index (χ2n) is 5.91. The van der Waals surface area contributed by atoms with E-state index >= 15 is 0 Å². The molecule has 0 unspecified atom stereocenters. The maximum absolute atomic E-state index is 11.7. The zero-order valence-corrected chi connectivity index (χ0v) is 15.0. The number of nitrogens with two attached hydrogens (primary N) is 1. The number of anilines is 1. The Balaban J connectivity index is 1.83. The van der Waals surface area contributed by atoms with Crippen LogP contribution < -0.4 is 10.5 Å². The number of nitrogens with zero attached hydrogens (tertiary/aromatic N) is 4. The Morgan fingerprint density at radius 2 is 1.89 bits per heavy atom. The smallest absolute Gasteiger partial charge is 0.238 e. The van der Waals surface area contributed by atoms with E-state index in [4.69, 9.17) is 5.14 Å². The standard InChI is InChI=1S/C18H16N6O2S/c19-27(25,26)14-6-7-16-15(10-14)17(21-11-13-4-2-1-3-5-13)23-18(22-16)24-9-8-20-12-24/h1-10,12H,11H2,(H2,19,25,26)(H,21,22,23). The van der Waals surface area contributed by atoms with E-state index in [9.17, 15) is 8.42 Å². The average molecular weight is 380 g/mol. The molecule has 4 aromatic rings. The van der Waals surface area contributed by atoms with Crippen LogP contribution in [0.4, 0.5) is 5.82 Å². The number of nitrogens with one attached hydrogen (secondary N) is 1. The van der Waals surface area contributed by atoms with Crippen molar-refractivity contribution in [3.63, 3.8) is 0 Å². The fourth-order valence-corrected chi connectivity index (χ4v) is 3.22. The number of aromatic nitrogens is 4. The zero-order chi connectivity index (χ0) is 18.9. The first-order valence-electron chi connectivity index (χ1n) is 8.11. The van der Waals surface area contributed by atoms with Crippen LogP contribution in [-0.4, -0.2) is 27.9 Å². The van der Waals surface area contributed by atoms with Gasteiger partial charge in [0.25, 0.3) is 0 Å². The number of benzene rings is 2. The highest BCUT2D eigenvalue weighted by atomic mass is 32.2. The molecule has 2 heterocycles. The molecule has 0 spiro atoms. The summed E-state index contributed by atoms with van der Waals surface area (Å²) in [6.45, 7) is 0.524. The highest BCUT2D eigenvalue weighted by Gasteiger charge is 2.14. The van der Waals surface area contributed by atoms with Gasteiger partial charge in [0.15, 0.2) is 0 Å². The topological polar surface area (TPSA) is 116 Å². The van der Waals surface area contributed by atoms with Crippen LogP contribution in [0.15, 0.2) is 72.1 Å². The van der Waals surface area contributed by atoms with Crippen LogP contribution in [0.3, 0.4) is 0 Å². The molecule has 0 bridgehead atoms. The van der Waals surface area contributed by atoms with Gasteiger partial charge < -0.3 is 5.32 Å². The molecule has 0 aliphatic carbocycles. The van der Waals surface area contributed by atoms with Crippen LogP contribution in [0.2, 0.25) is 0 Å². The first-order valence-corrected chi connectivity index (χ1v) is 9.66. The number of sulfonamides is 1. The van der Waals surface area contributed by atoms with Crippen LogP contribution in [0.1, 0.15) is 5.56 Å². The Bertz CT molecular complexity index is 1190. The highest BCUT2D eigenvalue weighted by molar-refractivity contribution is 7.89. The summed E-state index contributed by atoms with van der Waals surface area (Å²) >= 11 is 0. The van der Waals surface area contributed by atoms with Gasteiger partial charge in [-0.2, -0.15) is 4.98 Å². The molecule has 136 valence electrons. The number of fused-ring (bicyclic) bond motifs is 1. The number of imidazole rings is 1. The van der Waals surface area contributed by atoms with E-state index in [2.05, 4.69) is 20.3 Å². The Kier molecular flexibility index (Phi) is 4.30. The molecule has 27 heavy (non-hydrogen) atoms. The van der Waals surface area contributed by atoms with Gasteiger partial charge in [0, 0.05) is 24.3 Å². The summed E-state index contributed by atoms with van der Waals surface area (Å²) in [4.78, 5) is 13.1. The molecule has 0 saturated carbocycles. The molecule has 0 aliphatic heterocycles. The first kappa shape index (κ1) is 17.1. The van der Waals surface area contributed by atoms with E-state index in [0.29, 0.717) is 29.2 Å². The number of hydrogen-bond acceptors (Lipinski definition) is 6. The molecule has 4 rings (SSSR count). The molecule has 0 saturated heterocycles. The third-order valence-electron chi connectivity index (χ3n) is 4.02. The summed E-state index contributed by atoms with van der Waals surface area (Å²) in [5, 5.41) is 9.10. The Hall–Kier alpha value is -3.30. The molecule has 9 heteroatoms. The van der Waals surface area contributed by atoms with E-state index in [-0.39, 0.29) is 4.90 Å². The Labute approximate surface area is 155 Å². The lowest BCUT2D eigenvalue weighted by Gasteiger charge is -2.12. The summed E-state index contributed by atoms with van der Waals surface area (Å²) in [5.41, 5.74) is 1.66. The van der Waals surface area contributed by atoms with Gasteiger partial charge >= 0.3 is 0 Å². The minimum Gasteiger partial charge on any atom is -0.365 e. The molecule has 0 fully saturated rings. The molecule has 0 atom stereocenters. The van der Waals surface area contributed by atoms with Crippen LogP contribution in [0.5, 0.6) is 0 Å². The molecule has 0 aliphatic rings. The van der Waals surface area contributed by atoms with Crippen LogP contribution >= 0.6 is 0 Å². The minimum absolute atomic E-state index is 0.0109. The number of primary sulfonamides is 1. The van der Waals surface area contributed by atoms with Gasteiger partial charge in [0.2, 0.25) is 16.0 Å². The van der Waals surface area contributed by atoms with Gasteiger partial charge in [0.1, 0.15) is 12.1 Å². The van der Waals surface area contributed by atoms with E-state index in [1.807, 2.05) is 30.3 Å². The normalized spacial score (nSPS) is 11.6. The van der Waals surface area contributed by atoms with Crippen molar-refractivity contribution >= 4 is 26.7 Å². The minimum atomic E-state index is -3.83. The summed E-state index contributed by atoms with van der Waals surface area (Å²) in [6, 6.07) is 14.4. The lowest BCUT2D eigenvalue weighted by atomic mass is 10.2. The van der Waals surface area contributed by atoms with Crippen LogP contribution in [-0.2, 0) is 16.6 Å². The van der Waals surface area contributed by atoms with Crippen LogP contribution in [0.25, 0.3) is 16.9 Å². The SMILES string of the molecule is NS(=O)(=O)c1ccc2nc(-n3ccnc3)nc(NCc3ccccc3)c2c1. The lowest BCUT2D eigenvalue weighted by Crippen LogP contribution is -2.12. The van der Waals surface area contributed by atoms with Crippen molar-refractivity contribution in [2.75, 3.05) is 5.32 Å². The molecule has 3 N–H and O–H groups in total. The van der Waals surface area contributed by atoms with Gasteiger partial charge in [-0.25, -0.2) is 23.5 Å². The maximum atomic E-state index is 11.7. The number of rotatable bonds is 5. The van der Waals surface area contributed by atoms with Crippen molar-refractivity contribution in [2.24, 2.45) is 5.14 Å². The third-order valence-corrected chi connectivity index (χ3v) is 4.93. The summed E-state index contributed by atoms with van der Waals surface area (Å²) < 4.78 is 25.1. The molecular formula is C18H16N6O2S. The molecule has 2 aromatic carbocycles. The summed E-state index contributed by atoms with van der Waals surface area (Å²) in [6.07, 6.45) is 4.97. The highest BCUT2D eigenvalue weighted by Crippen LogP contribution is 2.25. The van der Waals surface area contributed by atoms with Crippen molar-refractivity contribution < 1.29 is 8.42 Å². The Morgan fingerprint density at radius 3 is 2.59 bits per heavy atom. The van der Waals surface area contributed by atoms with Crippen molar-refractivity contribution in [1.82, 2.24) is 19.5 Å². The summed E-state index contributed by atoms with van der Waals surface area (Å²) in [7, 11) is -3.83. The van der Waals surface area contributed by atoms with Gasteiger partial charge in [-0.05, 0) is 23.8 Å². The number of hydrogen-bond donors (Lipinski definition) is 2. The van der Waals surface area contributed by atoms with Crippen molar-refractivity contribution in [1.29, 1.82) is 0 Å². The van der Waals surface area contributed by atoms with E-state index < -0.39 is 10.0 Å². The Morgan fingerprint density at radius 1 is 1.07 bits per heavy atom. The lowest BCUT2D eigenvalue weighted by molar-refractivity contribution is 0.598. The molecule has 0 amide bonds. The third kappa shape index (κ3) is 3.64. The van der Waals surface area contributed by atoms with Crippen LogP contribution in [0, 0.1) is 0 Å². The van der Waals surface area contributed by atoms with Gasteiger partial charge in [-0.1, -0.05) is 30.3 Å². The van der Waals surface area contributed by atoms with Gasteiger partial charge in [-0.15, -0.1) is 0 Å². The second kappa shape index (κ2) is 6.78. The van der Waals surface area contributed by atoms with Crippen molar-refractivity contribution in [2.45, 2.75) is 11.4 Å². The van der Waals surface area contributed by atoms with E-state index in [1.165, 1.54) is 12.1 Å². The van der Waals surface area contributed by atoms with Gasteiger partial charge in [0.05, 0.1) is 10.4 Å². The van der Waals surface area contributed by atoms with Crippen molar-refractivity contribution in [3.8, 4) is 5.95 Å². The average Bonchev–Trinajstić information content (AvgIpc) is 3.20. The summed E-state index contributed by atoms with van der Waals surface area (Å²) in [5.74, 6) is 0.942.